The number of hydrogen-bond acceptors (Lipinski definition) is 4. The van der Waals surface area contributed by atoms with Gasteiger partial charge in [-0.1, -0.05) is 0 Å². The van der Waals surface area contributed by atoms with E-state index in [1.807, 2.05) is 0 Å². The van der Waals surface area contributed by atoms with Gasteiger partial charge in [-0.15, -0.1) is 0 Å². The van der Waals surface area contributed by atoms with Crippen molar-refractivity contribution in [1.29, 1.82) is 0 Å². The predicted molar refractivity (Wildman–Crippen MR) is 64.6 cm³/mol. The first-order valence-electron chi connectivity index (χ1n) is 5.25. The minimum absolute atomic E-state index is 0.00103. The van der Waals surface area contributed by atoms with Gasteiger partial charge in [0.2, 0.25) is 10.0 Å². The third-order valence-electron chi connectivity index (χ3n) is 2.21. The SMILES string of the molecule is COCC(C)NS(=O)(=O)c1ccc(OC)c(F)c1. The molecule has 0 saturated heterocycles. The van der Waals surface area contributed by atoms with E-state index < -0.39 is 21.9 Å². The quantitative estimate of drug-likeness (QED) is 0.847. The summed E-state index contributed by atoms with van der Waals surface area (Å²) in [6.45, 7) is 1.89. The van der Waals surface area contributed by atoms with Gasteiger partial charge in [-0.2, -0.15) is 0 Å². The lowest BCUT2D eigenvalue weighted by atomic mass is 10.3. The van der Waals surface area contributed by atoms with Gasteiger partial charge >= 0.3 is 0 Å². The number of methoxy groups -OCH3 is 2. The molecule has 5 nitrogen and oxygen atoms in total. The van der Waals surface area contributed by atoms with Crippen molar-refractivity contribution in [3.05, 3.63) is 24.0 Å². The van der Waals surface area contributed by atoms with Crippen molar-refractivity contribution < 1.29 is 22.3 Å². The maximum Gasteiger partial charge on any atom is 0.240 e. The Morgan fingerprint density at radius 2 is 2.06 bits per heavy atom. The molecule has 0 aliphatic carbocycles. The maximum absolute atomic E-state index is 13.4. The van der Waals surface area contributed by atoms with Crippen LogP contribution in [-0.4, -0.2) is 35.3 Å². The minimum atomic E-state index is -3.75. The molecular weight excluding hydrogens is 261 g/mol. The van der Waals surface area contributed by atoms with Crippen molar-refractivity contribution in [3.63, 3.8) is 0 Å². The highest BCUT2D eigenvalue weighted by Crippen LogP contribution is 2.20. The number of hydrogen-bond donors (Lipinski definition) is 1. The van der Waals surface area contributed by atoms with E-state index in [4.69, 9.17) is 9.47 Å². The number of ether oxygens (including phenoxy) is 2. The van der Waals surface area contributed by atoms with E-state index in [-0.39, 0.29) is 17.3 Å². The fraction of sp³-hybridized carbons (Fsp3) is 0.455. The number of sulfonamides is 1. The van der Waals surface area contributed by atoms with Crippen molar-refractivity contribution >= 4 is 10.0 Å². The zero-order valence-corrected chi connectivity index (χ0v) is 11.3. The maximum atomic E-state index is 13.4. The molecule has 18 heavy (non-hydrogen) atoms. The van der Waals surface area contributed by atoms with Gasteiger partial charge in [-0.25, -0.2) is 17.5 Å². The summed E-state index contributed by atoms with van der Waals surface area (Å²) in [6, 6.07) is 3.07. The number of halogens is 1. The molecule has 0 aliphatic rings. The molecule has 0 aliphatic heterocycles. The molecule has 0 spiro atoms. The van der Waals surface area contributed by atoms with E-state index in [0.29, 0.717) is 0 Å². The summed E-state index contributed by atoms with van der Waals surface area (Å²) in [5.74, 6) is -0.723. The largest absolute Gasteiger partial charge is 0.494 e. The second-order valence-electron chi connectivity index (χ2n) is 3.77. The van der Waals surface area contributed by atoms with Gasteiger partial charge in [0.15, 0.2) is 11.6 Å². The number of rotatable bonds is 6. The molecule has 1 unspecified atom stereocenters. The zero-order valence-electron chi connectivity index (χ0n) is 10.4. The highest BCUT2D eigenvalue weighted by atomic mass is 32.2. The van der Waals surface area contributed by atoms with E-state index in [1.165, 1.54) is 26.4 Å². The summed E-state index contributed by atoms with van der Waals surface area (Å²) < 4.78 is 49.1. The third-order valence-corrected chi connectivity index (χ3v) is 3.79. The Hall–Kier alpha value is -1.18. The molecule has 0 aromatic heterocycles. The van der Waals surface area contributed by atoms with Crippen LogP contribution in [0, 0.1) is 5.82 Å². The Kier molecular flexibility index (Phi) is 5.06. The van der Waals surface area contributed by atoms with Crippen molar-refractivity contribution in [2.24, 2.45) is 0 Å². The van der Waals surface area contributed by atoms with Gasteiger partial charge in [0.1, 0.15) is 0 Å². The van der Waals surface area contributed by atoms with Gasteiger partial charge in [0.25, 0.3) is 0 Å². The second-order valence-corrected chi connectivity index (χ2v) is 5.49. The van der Waals surface area contributed by atoms with Crippen molar-refractivity contribution in [2.45, 2.75) is 17.9 Å². The van der Waals surface area contributed by atoms with E-state index in [9.17, 15) is 12.8 Å². The number of nitrogens with one attached hydrogen (secondary N) is 1. The topological polar surface area (TPSA) is 64.6 Å². The standard InChI is InChI=1S/C11H16FNO4S/c1-8(7-16-2)13-18(14,15)9-4-5-11(17-3)10(12)6-9/h4-6,8,13H,7H2,1-3H3. The number of benzene rings is 1. The van der Waals surface area contributed by atoms with Crippen molar-refractivity contribution in [1.82, 2.24) is 4.72 Å². The molecule has 0 saturated carbocycles. The Morgan fingerprint density at radius 1 is 1.39 bits per heavy atom. The fourth-order valence-corrected chi connectivity index (χ4v) is 2.67. The van der Waals surface area contributed by atoms with Crippen LogP contribution in [0.5, 0.6) is 5.75 Å². The van der Waals surface area contributed by atoms with Crippen LogP contribution in [0.15, 0.2) is 23.1 Å². The molecule has 1 atom stereocenters. The average Bonchev–Trinajstić information content (AvgIpc) is 2.28. The van der Waals surface area contributed by atoms with Gasteiger partial charge < -0.3 is 9.47 Å². The molecule has 1 N–H and O–H groups in total. The molecule has 1 rings (SSSR count). The average molecular weight is 277 g/mol. The summed E-state index contributed by atoms with van der Waals surface area (Å²) in [5.41, 5.74) is 0. The van der Waals surface area contributed by atoms with E-state index in [2.05, 4.69) is 4.72 Å². The zero-order chi connectivity index (χ0) is 13.8. The lowest BCUT2D eigenvalue weighted by Crippen LogP contribution is -2.35. The lowest BCUT2D eigenvalue weighted by molar-refractivity contribution is 0.180. The lowest BCUT2D eigenvalue weighted by Gasteiger charge is -2.13. The summed E-state index contributed by atoms with van der Waals surface area (Å²) in [5, 5.41) is 0. The third kappa shape index (κ3) is 3.66. The summed E-state index contributed by atoms with van der Waals surface area (Å²) in [4.78, 5) is -0.149. The van der Waals surface area contributed by atoms with Gasteiger partial charge in [-0.3, -0.25) is 0 Å². The molecule has 7 heteroatoms. The van der Waals surface area contributed by atoms with Crippen molar-refractivity contribution in [2.75, 3.05) is 20.8 Å². The van der Waals surface area contributed by atoms with Gasteiger partial charge in [0, 0.05) is 13.2 Å². The van der Waals surface area contributed by atoms with Crippen LogP contribution in [0.2, 0.25) is 0 Å². The first-order chi connectivity index (χ1) is 8.40. The Labute approximate surface area is 106 Å². The molecule has 102 valence electrons. The smallest absolute Gasteiger partial charge is 0.240 e. The van der Waals surface area contributed by atoms with E-state index in [1.54, 1.807) is 6.92 Å². The first-order valence-corrected chi connectivity index (χ1v) is 6.74. The Bertz CT molecular complexity index is 504. The first kappa shape index (κ1) is 14.9. The molecule has 0 bridgehead atoms. The summed E-state index contributed by atoms with van der Waals surface area (Å²) in [7, 11) is -0.974. The van der Waals surface area contributed by atoms with Gasteiger partial charge in [-0.05, 0) is 25.1 Å². The van der Waals surface area contributed by atoms with Crippen LogP contribution in [0.4, 0.5) is 4.39 Å². The molecule has 0 radical (unpaired) electrons. The fourth-order valence-electron chi connectivity index (χ4n) is 1.43. The van der Waals surface area contributed by atoms with Crippen LogP contribution in [0.3, 0.4) is 0 Å². The van der Waals surface area contributed by atoms with Crippen molar-refractivity contribution in [3.8, 4) is 5.75 Å². The Morgan fingerprint density at radius 3 is 2.56 bits per heavy atom. The highest BCUT2D eigenvalue weighted by Gasteiger charge is 2.19. The highest BCUT2D eigenvalue weighted by molar-refractivity contribution is 7.89. The molecular formula is C11H16FNO4S. The van der Waals surface area contributed by atoms with Gasteiger partial charge in [0.05, 0.1) is 18.6 Å². The molecule has 0 heterocycles. The van der Waals surface area contributed by atoms with E-state index >= 15 is 0 Å². The van der Waals surface area contributed by atoms with Crippen LogP contribution in [0.1, 0.15) is 6.92 Å². The Balaban J connectivity index is 2.95. The summed E-state index contributed by atoms with van der Waals surface area (Å²) >= 11 is 0. The molecule has 0 amide bonds. The van der Waals surface area contributed by atoms with Crippen LogP contribution < -0.4 is 9.46 Å². The molecule has 0 fully saturated rings. The van der Waals surface area contributed by atoms with Crippen LogP contribution in [-0.2, 0) is 14.8 Å². The summed E-state index contributed by atoms with van der Waals surface area (Å²) in [6.07, 6.45) is 0. The van der Waals surface area contributed by atoms with E-state index in [0.717, 1.165) is 6.07 Å². The normalized spacial score (nSPS) is 13.3. The minimum Gasteiger partial charge on any atom is -0.494 e. The van der Waals surface area contributed by atoms with Crippen LogP contribution >= 0.6 is 0 Å². The van der Waals surface area contributed by atoms with Crippen LogP contribution in [0.25, 0.3) is 0 Å². The second kappa shape index (κ2) is 6.12. The molecule has 1 aromatic carbocycles. The molecule has 1 aromatic rings. The predicted octanol–water partition coefficient (Wildman–Crippen LogP) is 1.15. The monoisotopic (exact) mass is 277 g/mol.